The van der Waals surface area contributed by atoms with E-state index >= 15 is 0 Å². The standard InChI is InChI=1S/C41H58N8O11/c1-41(2,3)33(48-35(53)26(17-11-12-18-28(51)60-4)45-38(56)31-32(40(58)59)44-20-19-43-31)39(57)49-22-25(50)21-27(49)36(54)47-30(24-15-9-6-10-16-24)37(55)46-29(34(42)52)23-13-7-5-8-14-23/h12,18-20,23-24,26-27,29-30,33H,5-11,13-17,21-22H2,1-4H3,(H2,42,52)(H,45,56)(H,46,55)(H,47,54)(H,48,53)(H,58,59)/b18-12+/t26?,27-,29?,30?,33?/m0/s1. The topological polar surface area (TPSA) is 286 Å². The maximum atomic E-state index is 14.5. The Morgan fingerprint density at radius 1 is 0.850 bits per heavy atom. The number of allylic oxidation sites excluding steroid dienone is 1. The van der Waals surface area contributed by atoms with Gasteiger partial charge in [-0.1, -0.05) is 65.4 Å². The number of carbonyl (C=O) groups excluding carboxylic acids is 8. The number of carboxylic acid groups (broad SMARTS) is 1. The summed E-state index contributed by atoms with van der Waals surface area (Å²) in [5.41, 5.74) is 3.51. The molecule has 60 heavy (non-hydrogen) atoms. The average Bonchev–Trinajstić information content (AvgIpc) is 3.63. The highest BCUT2D eigenvalue weighted by molar-refractivity contribution is 6.05. The van der Waals surface area contributed by atoms with Crippen molar-refractivity contribution in [3.8, 4) is 0 Å². The first-order valence-electron chi connectivity index (χ1n) is 20.5. The maximum Gasteiger partial charge on any atom is 0.356 e. The minimum Gasteiger partial charge on any atom is -0.476 e. The third kappa shape index (κ3) is 12.6. The van der Waals surface area contributed by atoms with Gasteiger partial charge < -0.3 is 41.7 Å². The van der Waals surface area contributed by atoms with Crippen LogP contribution in [0.1, 0.15) is 125 Å². The fourth-order valence-electron chi connectivity index (χ4n) is 8.13. The number of ketones is 1. The highest BCUT2D eigenvalue weighted by Crippen LogP contribution is 2.30. The van der Waals surface area contributed by atoms with Crippen LogP contribution in [-0.4, -0.2) is 117 Å². The molecule has 3 fully saturated rings. The second-order valence-corrected chi connectivity index (χ2v) is 16.8. The van der Waals surface area contributed by atoms with Crippen molar-refractivity contribution in [3.05, 3.63) is 35.9 Å². The molecule has 6 amide bonds. The van der Waals surface area contributed by atoms with Gasteiger partial charge in [0, 0.05) is 24.9 Å². The van der Waals surface area contributed by atoms with Crippen molar-refractivity contribution in [1.29, 1.82) is 0 Å². The summed E-state index contributed by atoms with van der Waals surface area (Å²) in [6.45, 7) is 4.51. The van der Waals surface area contributed by atoms with Crippen LogP contribution < -0.4 is 27.0 Å². The highest BCUT2D eigenvalue weighted by atomic mass is 16.5. The Morgan fingerprint density at radius 2 is 1.43 bits per heavy atom. The van der Waals surface area contributed by atoms with Crippen LogP contribution in [0.5, 0.6) is 0 Å². The molecule has 19 nitrogen and oxygen atoms in total. The third-order valence-corrected chi connectivity index (χ3v) is 11.4. The molecule has 0 radical (unpaired) electrons. The molecule has 7 N–H and O–H groups in total. The number of hydrogen-bond donors (Lipinski definition) is 6. The monoisotopic (exact) mass is 838 g/mol. The summed E-state index contributed by atoms with van der Waals surface area (Å²) in [7, 11) is 1.18. The smallest absolute Gasteiger partial charge is 0.356 e. The molecule has 1 aromatic heterocycles. The van der Waals surface area contributed by atoms with Crippen molar-refractivity contribution in [3.63, 3.8) is 0 Å². The number of carboxylic acids is 1. The number of nitrogens with one attached hydrogen (secondary N) is 4. The van der Waals surface area contributed by atoms with Gasteiger partial charge in [-0.2, -0.15) is 0 Å². The molecule has 0 aromatic carbocycles. The summed E-state index contributed by atoms with van der Waals surface area (Å²) >= 11 is 0. The third-order valence-electron chi connectivity index (χ3n) is 11.4. The molecule has 328 valence electrons. The Hall–Kier alpha value is -5.75. The lowest BCUT2D eigenvalue weighted by Gasteiger charge is -2.37. The number of carbonyl (C=O) groups is 9. The minimum atomic E-state index is -1.53. The molecule has 0 spiro atoms. The van der Waals surface area contributed by atoms with Gasteiger partial charge in [-0.05, 0) is 55.8 Å². The summed E-state index contributed by atoms with van der Waals surface area (Å²) in [6.07, 6.45) is 12.5. The van der Waals surface area contributed by atoms with Crippen LogP contribution in [0.15, 0.2) is 24.5 Å². The number of ether oxygens (including phenoxy) is 1. The van der Waals surface area contributed by atoms with Crippen LogP contribution in [-0.2, 0) is 38.3 Å². The molecule has 1 saturated heterocycles. The molecular formula is C41H58N8O11. The molecule has 3 aliphatic rings. The van der Waals surface area contributed by atoms with Crippen molar-refractivity contribution < 1.29 is 53.0 Å². The minimum absolute atomic E-state index is 0.0489. The SMILES string of the molecule is COC(=O)/C=C/CCC(NC(=O)c1nccnc1C(=O)O)C(=O)NC(C(=O)N1CC(=O)C[C@H]1C(=O)NC(C(=O)NC(C(N)=O)C1CCCCC1)C1CCCCC1)C(C)(C)C. The van der Waals surface area contributed by atoms with Crippen molar-refractivity contribution in [1.82, 2.24) is 36.1 Å². The number of hydrogen-bond acceptors (Lipinski definition) is 12. The Bertz CT molecular complexity index is 1820. The number of aromatic nitrogens is 2. The number of primary amides is 1. The molecule has 19 heteroatoms. The van der Waals surface area contributed by atoms with Gasteiger partial charge in [-0.3, -0.25) is 33.6 Å². The number of esters is 1. The first-order chi connectivity index (χ1) is 28.4. The van der Waals surface area contributed by atoms with E-state index in [1.807, 2.05) is 0 Å². The van der Waals surface area contributed by atoms with Crippen LogP contribution in [0.3, 0.4) is 0 Å². The zero-order valence-corrected chi connectivity index (χ0v) is 34.7. The maximum absolute atomic E-state index is 14.5. The van der Waals surface area contributed by atoms with Gasteiger partial charge >= 0.3 is 11.9 Å². The van der Waals surface area contributed by atoms with E-state index in [-0.39, 0.29) is 31.1 Å². The van der Waals surface area contributed by atoms with Crippen LogP contribution in [0, 0.1) is 17.3 Å². The quantitative estimate of drug-likeness (QED) is 0.0948. The molecule has 1 aliphatic heterocycles. The van der Waals surface area contributed by atoms with Crippen molar-refractivity contribution in [2.75, 3.05) is 13.7 Å². The molecule has 4 unspecified atom stereocenters. The summed E-state index contributed by atoms with van der Waals surface area (Å²) in [5, 5.41) is 20.4. The van der Waals surface area contributed by atoms with Crippen LogP contribution in [0.25, 0.3) is 0 Å². The van der Waals surface area contributed by atoms with Crippen molar-refractivity contribution >= 4 is 53.2 Å². The summed E-state index contributed by atoms with van der Waals surface area (Å²) in [4.78, 5) is 128. The Labute approximate surface area is 348 Å². The zero-order chi connectivity index (χ0) is 44.1. The highest BCUT2D eigenvalue weighted by Gasteiger charge is 2.46. The first-order valence-corrected chi connectivity index (χ1v) is 20.5. The summed E-state index contributed by atoms with van der Waals surface area (Å²) < 4.78 is 4.59. The zero-order valence-electron chi connectivity index (χ0n) is 34.7. The first kappa shape index (κ1) is 46.9. The fraction of sp³-hybridized carbons (Fsp3) is 0.634. The lowest BCUT2D eigenvalue weighted by atomic mass is 9.81. The van der Waals surface area contributed by atoms with Gasteiger partial charge in [0.05, 0.1) is 13.7 Å². The van der Waals surface area contributed by atoms with Crippen LogP contribution >= 0.6 is 0 Å². The Balaban J connectivity index is 1.57. The normalized spacial score (nSPS) is 19.7. The van der Waals surface area contributed by atoms with Gasteiger partial charge in [-0.25, -0.2) is 19.6 Å². The molecule has 5 atom stereocenters. The van der Waals surface area contributed by atoms with Crippen molar-refractivity contribution in [2.45, 2.75) is 134 Å². The molecule has 2 saturated carbocycles. The van der Waals surface area contributed by atoms with E-state index in [1.54, 1.807) is 20.8 Å². The predicted octanol–water partition coefficient (Wildman–Crippen LogP) is 1.10. The van der Waals surface area contributed by atoms with E-state index in [2.05, 4.69) is 36.0 Å². The number of aromatic carboxylic acids is 1. The van der Waals surface area contributed by atoms with E-state index in [4.69, 9.17) is 5.73 Å². The van der Waals surface area contributed by atoms with Gasteiger partial charge in [0.25, 0.3) is 5.91 Å². The second-order valence-electron chi connectivity index (χ2n) is 16.8. The van der Waals surface area contributed by atoms with Crippen LogP contribution in [0.2, 0.25) is 0 Å². The summed E-state index contributed by atoms with van der Waals surface area (Å²) in [5.74, 6) is -7.67. The number of nitrogens with two attached hydrogens (primary N) is 1. The Morgan fingerprint density at radius 3 is 1.98 bits per heavy atom. The van der Waals surface area contributed by atoms with E-state index in [0.717, 1.165) is 74.7 Å². The molecule has 1 aromatic rings. The second kappa shape index (κ2) is 21.5. The molecular weight excluding hydrogens is 780 g/mol. The molecule has 2 heterocycles. The number of methoxy groups -OCH3 is 1. The summed E-state index contributed by atoms with van der Waals surface area (Å²) in [6, 6.07) is -6.09. The number of nitrogens with zero attached hydrogens (tertiary/aromatic N) is 3. The molecule has 0 bridgehead atoms. The molecule has 4 rings (SSSR count). The number of Topliss-reactive ketones (excluding diaryl/α,β-unsaturated/α-hetero) is 1. The fourth-order valence-corrected chi connectivity index (χ4v) is 8.13. The lowest BCUT2D eigenvalue weighted by Crippen LogP contribution is -2.62. The van der Waals surface area contributed by atoms with Crippen molar-refractivity contribution in [2.24, 2.45) is 23.0 Å². The van der Waals surface area contributed by atoms with E-state index in [1.165, 1.54) is 13.2 Å². The Kier molecular flexibility index (Phi) is 16.8. The van der Waals surface area contributed by atoms with E-state index in [0.29, 0.717) is 12.8 Å². The van der Waals surface area contributed by atoms with Gasteiger partial charge in [0.2, 0.25) is 29.5 Å². The predicted molar refractivity (Wildman–Crippen MR) is 213 cm³/mol. The lowest BCUT2D eigenvalue weighted by molar-refractivity contribution is -0.145. The van der Waals surface area contributed by atoms with Gasteiger partial charge in [0.15, 0.2) is 17.2 Å². The largest absolute Gasteiger partial charge is 0.476 e. The van der Waals surface area contributed by atoms with Gasteiger partial charge in [-0.15, -0.1) is 0 Å². The number of likely N-dealkylation sites (tertiary alicyclic amines) is 1. The van der Waals surface area contributed by atoms with Gasteiger partial charge in [0.1, 0.15) is 30.2 Å². The number of amides is 6. The van der Waals surface area contributed by atoms with E-state index < -0.39 is 107 Å². The molecule has 2 aliphatic carbocycles. The van der Waals surface area contributed by atoms with Crippen LogP contribution in [0.4, 0.5) is 0 Å². The van der Waals surface area contributed by atoms with E-state index in [9.17, 15) is 48.3 Å². The average molecular weight is 839 g/mol. The number of rotatable bonds is 17.